The third kappa shape index (κ3) is 2.92. The largest absolute Gasteiger partial charge is 0.366 e. The van der Waals surface area contributed by atoms with Crippen LogP contribution in [0, 0.1) is 0 Å². The lowest BCUT2D eigenvalue weighted by Crippen LogP contribution is -2.16. The van der Waals surface area contributed by atoms with E-state index in [1.54, 1.807) is 17.4 Å². The quantitative estimate of drug-likeness (QED) is 0.589. The highest BCUT2D eigenvalue weighted by molar-refractivity contribution is 7.10. The van der Waals surface area contributed by atoms with E-state index in [0.29, 0.717) is 5.56 Å². The molecule has 4 rings (SSSR count). The number of pyridine rings is 1. The van der Waals surface area contributed by atoms with E-state index in [1.165, 1.54) is 0 Å². The highest BCUT2D eigenvalue weighted by Gasteiger charge is 2.23. The fraction of sp³-hybridized carbons (Fsp3) is 0.0476. The average molecular weight is 344 g/mol. The minimum absolute atomic E-state index is 0.117. The van der Waals surface area contributed by atoms with Crippen molar-refractivity contribution in [2.75, 3.05) is 0 Å². The molecule has 1 unspecified atom stereocenters. The topological polar surface area (TPSA) is 56.0 Å². The molecule has 1 amide bonds. The fourth-order valence-electron chi connectivity index (χ4n) is 3.13. The molecule has 25 heavy (non-hydrogen) atoms. The van der Waals surface area contributed by atoms with Gasteiger partial charge in [-0.05, 0) is 35.2 Å². The number of carbonyl (C=O) groups is 1. The Morgan fingerprint density at radius 3 is 2.52 bits per heavy atom. The Bertz CT molecular complexity index is 1040. The zero-order valence-electron chi connectivity index (χ0n) is 13.4. The summed E-state index contributed by atoms with van der Waals surface area (Å²) < 4.78 is 0. The number of nitrogens with two attached hydrogens (primary N) is 1. The van der Waals surface area contributed by atoms with Gasteiger partial charge in [0.05, 0.1) is 17.1 Å². The van der Waals surface area contributed by atoms with Gasteiger partial charge < -0.3 is 5.73 Å². The molecular weight excluding hydrogens is 328 g/mol. The Morgan fingerprint density at radius 1 is 0.920 bits per heavy atom. The van der Waals surface area contributed by atoms with Crippen molar-refractivity contribution in [1.29, 1.82) is 0 Å². The van der Waals surface area contributed by atoms with Crippen molar-refractivity contribution in [3.63, 3.8) is 0 Å². The second-order valence-corrected chi connectivity index (χ2v) is 6.81. The Hall–Kier alpha value is -2.98. The van der Waals surface area contributed by atoms with E-state index in [9.17, 15) is 4.79 Å². The molecule has 0 spiro atoms. The number of rotatable bonds is 4. The van der Waals surface area contributed by atoms with Gasteiger partial charge in [0.15, 0.2) is 0 Å². The SMILES string of the molecule is NC(=O)c1ccccc1C(c1ccc2ccccc2n1)c1cccs1. The second kappa shape index (κ2) is 6.49. The summed E-state index contributed by atoms with van der Waals surface area (Å²) in [7, 11) is 0. The maximum atomic E-state index is 11.9. The van der Waals surface area contributed by atoms with Crippen LogP contribution in [0.3, 0.4) is 0 Å². The molecular formula is C21H16N2OS. The van der Waals surface area contributed by atoms with E-state index in [-0.39, 0.29) is 5.92 Å². The molecule has 2 heterocycles. The lowest BCUT2D eigenvalue weighted by molar-refractivity contribution is 0.0999. The zero-order chi connectivity index (χ0) is 17.2. The van der Waals surface area contributed by atoms with Gasteiger partial charge in [-0.25, -0.2) is 0 Å². The third-order valence-corrected chi connectivity index (χ3v) is 5.22. The van der Waals surface area contributed by atoms with E-state index in [2.05, 4.69) is 12.1 Å². The number of fused-ring (bicyclic) bond motifs is 1. The number of hydrogen-bond donors (Lipinski definition) is 1. The first-order valence-corrected chi connectivity index (χ1v) is 8.90. The van der Waals surface area contributed by atoms with E-state index in [0.717, 1.165) is 27.0 Å². The zero-order valence-corrected chi connectivity index (χ0v) is 14.2. The average Bonchev–Trinajstić information content (AvgIpc) is 3.16. The molecule has 0 radical (unpaired) electrons. The minimum atomic E-state index is -0.419. The van der Waals surface area contributed by atoms with Gasteiger partial charge in [0.25, 0.3) is 0 Å². The monoisotopic (exact) mass is 344 g/mol. The Balaban J connectivity index is 1.94. The normalized spacial score (nSPS) is 12.2. The van der Waals surface area contributed by atoms with E-state index < -0.39 is 5.91 Å². The predicted molar refractivity (Wildman–Crippen MR) is 102 cm³/mol. The molecule has 2 aromatic heterocycles. The minimum Gasteiger partial charge on any atom is -0.366 e. The summed E-state index contributed by atoms with van der Waals surface area (Å²) in [6.07, 6.45) is 0. The number of carbonyl (C=O) groups excluding carboxylic acids is 1. The Kier molecular flexibility index (Phi) is 4.04. The molecule has 4 aromatic rings. The van der Waals surface area contributed by atoms with Gasteiger partial charge in [0.2, 0.25) is 5.91 Å². The molecule has 0 saturated carbocycles. The van der Waals surface area contributed by atoms with Crippen LogP contribution in [0.5, 0.6) is 0 Å². The maximum absolute atomic E-state index is 11.9. The first-order chi connectivity index (χ1) is 12.2. The van der Waals surface area contributed by atoms with Crippen molar-refractivity contribution in [2.45, 2.75) is 5.92 Å². The van der Waals surface area contributed by atoms with Gasteiger partial charge in [-0.1, -0.05) is 48.5 Å². The summed E-state index contributed by atoms with van der Waals surface area (Å²) >= 11 is 1.65. The summed E-state index contributed by atoms with van der Waals surface area (Å²) in [6, 6.07) is 23.7. The van der Waals surface area contributed by atoms with Gasteiger partial charge in [0, 0.05) is 15.8 Å². The van der Waals surface area contributed by atoms with Gasteiger partial charge in [-0.3, -0.25) is 9.78 Å². The molecule has 0 bridgehead atoms. The molecule has 0 aliphatic carbocycles. The maximum Gasteiger partial charge on any atom is 0.249 e. The smallest absolute Gasteiger partial charge is 0.249 e. The molecule has 0 fully saturated rings. The van der Waals surface area contributed by atoms with Crippen molar-refractivity contribution >= 4 is 28.1 Å². The van der Waals surface area contributed by atoms with Crippen molar-refractivity contribution < 1.29 is 4.79 Å². The number of primary amides is 1. The van der Waals surface area contributed by atoms with Crippen LogP contribution >= 0.6 is 11.3 Å². The molecule has 2 N–H and O–H groups in total. The lowest BCUT2D eigenvalue weighted by atomic mass is 9.89. The van der Waals surface area contributed by atoms with Crippen molar-refractivity contribution in [1.82, 2.24) is 4.98 Å². The molecule has 0 aliphatic rings. The highest BCUT2D eigenvalue weighted by atomic mass is 32.1. The van der Waals surface area contributed by atoms with Crippen LogP contribution in [-0.2, 0) is 0 Å². The van der Waals surface area contributed by atoms with Gasteiger partial charge in [0.1, 0.15) is 0 Å². The van der Waals surface area contributed by atoms with Gasteiger partial charge in [-0.15, -0.1) is 11.3 Å². The van der Waals surface area contributed by atoms with Gasteiger partial charge >= 0.3 is 0 Å². The first kappa shape index (κ1) is 15.5. The highest BCUT2D eigenvalue weighted by Crippen LogP contribution is 2.36. The summed E-state index contributed by atoms with van der Waals surface area (Å²) in [6.45, 7) is 0. The summed E-state index contributed by atoms with van der Waals surface area (Å²) in [5, 5.41) is 3.13. The molecule has 122 valence electrons. The van der Waals surface area contributed by atoms with E-state index >= 15 is 0 Å². The van der Waals surface area contributed by atoms with Crippen LogP contribution < -0.4 is 5.73 Å². The van der Waals surface area contributed by atoms with Crippen LogP contribution in [0.25, 0.3) is 10.9 Å². The summed E-state index contributed by atoms with van der Waals surface area (Å²) in [5.74, 6) is -0.536. The molecule has 2 aromatic carbocycles. The van der Waals surface area contributed by atoms with E-state index in [4.69, 9.17) is 10.7 Å². The number of amides is 1. The number of para-hydroxylation sites is 1. The number of nitrogens with zero attached hydrogens (tertiary/aromatic N) is 1. The third-order valence-electron chi connectivity index (χ3n) is 4.28. The standard InChI is InChI=1S/C21H16N2OS/c22-21(24)16-8-3-2-7-15(16)20(19-10-5-13-25-19)18-12-11-14-6-1-4-9-17(14)23-18/h1-13,20H,(H2,22,24). The Labute approximate surface area is 149 Å². The van der Waals surface area contributed by atoms with Crippen LogP contribution in [0.15, 0.2) is 78.2 Å². The first-order valence-electron chi connectivity index (χ1n) is 8.02. The molecule has 4 heteroatoms. The second-order valence-electron chi connectivity index (χ2n) is 5.83. The number of thiophene rings is 1. The van der Waals surface area contributed by atoms with Crippen LogP contribution in [0.2, 0.25) is 0 Å². The fourth-order valence-corrected chi connectivity index (χ4v) is 3.98. The summed E-state index contributed by atoms with van der Waals surface area (Å²) in [5.41, 5.74) is 8.90. The van der Waals surface area contributed by atoms with Crippen molar-refractivity contribution in [3.8, 4) is 0 Å². The molecule has 0 aliphatic heterocycles. The number of benzene rings is 2. The summed E-state index contributed by atoms with van der Waals surface area (Å²) in [4.78, 5) is 17.9. The number of aromatic nitrogens is 1. The lowest BCUT2D eigenvalue weighted by Gasteiger charge is -2.18. The molecule has 3 nitrogen and oxygen atoms in total. The van der Waals surface area contributed by atoms with Crippen LogP contribution in [0.1, 0.15) is 32.4 Å². The molecule has 0 saturated heterocycles. The van der Waals surface area contributed by atoms with Gasteiger partial charge in [-0.2, -0.15) is 0 Å². The molecule has 1 atom stereocenters. The predicted octanol–water partition coefficient (Wildman–Crippen LogP) is 4.58. The van der Waals surface area contributed by atoms with Crippen LogP contribution in [0.4, 0.5) is 0 Å². The van der Waals surface area contributed by atoms with Crippen molar-refractivity contribution in [3.05, 3.63) is 99.9 Å². The Morgan fingerprint density at radius 2 is 1.72 bits per heavy atom. The van der Waals surface area contributed by atoms with Crippen molar-refractivity contribution in [2.24, 2.45) is 5.73 Å². The van der Waals surface area contributed by atoms with E-state index in [1.807, 2.05) is 60.0 Å². The number of hydrogen-bond acceptors (Lipinski definition) is 3. The van der Waals surface area contributed by atoms with Crippen LogP contribution in [-0.4, -0.2) is 10.9 Å².